The van der Waals surface area contributed by atoms with Gasteiger partial charge in [-0.05, 0) is 33.7 Å². The second-order valence-electron chi connectivity index (χ2n) is 2.12. The number of nitrogens with one attached hydrogen (secondary N) is 1. The second kappa shape index (κ2) is 11.7. The van der Waals surface area contributed by atoms with E-state index in [9.17, 15) is 0 Å². The lowest BCUT2D eigenvalue weighted by Crippen LogP contribution is -2.21. The Labute approximate surface area is 65.6 Å². The molecule has 0 radical (unpaired) electrons. The summed E-state index contributed by atoms with van der Waals surface area (Å²) in [5.41, 5.74) is 0. The van der Waals surface area contributed by atoms with Crippen LogP contribution in [0.2, 0.25) is 0 Å². The van der Waals surface area contributed by atoms with Gasteiger partial charge >= 0.3 is 0 Å². The van der Waals surface area contributed by atoms with Crippen LogP contribution in [0.25, 0.3) is 0 Å². The van der Waals surface area contributed by atoms with Gasteiger partial charge < -0.3 is 10.2 Å². The Balaban J connectivity index is 0. The summed E-state index contributed by atoms with van der Waals surface area (Å²) >= 11 is 0. The minimum absolute atomic E-state index is 1.19. The Morgan fingerprint density at radius 2 is 1.10 bits per heavy atom. The smallest absolute Gasteiger partial charge is 0.00474 e. The zero-order valence-electron chi connectivity index (χ0n) is 8.07. The van der Waals surface area contributed by atoms with Crippen molar-refractivity contribution in [3.63, 3.8) is 0 Å². The van der Waals surface area contributed by atoms with E-state index in [0.29, 0.717) is 0 Å². The number of nitrogens with zero attached hydrogens (tertiary/aromatic N) is 1. The highest BCUT2D eigenvalue weighted by atomic mass is 15.1. The third-order valence-corrected chi connectivity index (χ3v) is 1.34. The first-order valence-electron chi connectivity index (χ1n) is 4.07. The highest BCUT2D eigenvalue weighted by molar-refractivity contribution is 4.43. The Morgan fingerprint density at radius 3 is 1.10 bits per heavy atom. The van der Waals surface area contributed by atoms with Crippen LogP contribution < -0.4 is 5.32 Å². The van der Waals surface area contributed by atoms with Crippen molar-refractivity contribution in [1.29, 1.82) is 0 Å². The molecule has 2 heteroatoms. The molecule has 0 spiro atoms. The maximum Gasteiger partial charge on any atom is -0.00474 e. The summed E-state index contributed by atoms with van der Waals surface area (Å²) in [6.45, 7) is 10.1. The van der Waals surface area contributed by atoms with Crippen molar-refractivity contribution < 1.29 is 0 Å². The van der Waals surface area contributed by atoms with Gasteiger partial charge in [0.1, 0.15) is 0 Å². The van der Waals surface area contributed by atoms with Crippen LogP contribution >= 0.6 is 0 Å². The molecule has 0 atom stereocenters. The molecule has 0 saturated heterocycles. The summed E-state index contributed by atoms with van der Waals surface area (Å²) < 4.78 is 0. The van der Waals surface area contributed by atoms with E-state index in [0.717, 1.165) is 0 Å². The van der Waals surface area contributed by atoms with E-state index < -0.39 is 0 Å². The molecule has 64 valence electrons. The Morgan fingerprint density at radius 1 is 0.900 bits per heavy atom. The quantitative estimate of drug-likeness (QED) is 0.643. The van der Waals surface area contributed by atoms with Crippen LogP contribution in [0, 0.1) is 0 Å². The Bertz CT molecular complexity index is 37.0. The van der Waals surface area contributed by atoms with Gasteiger partial charge in [0, 0.05) is 0 Å². The summed E-state index contributed by atoms with van der Waals surface area (Å²) in [6, 6.07) is 0. The molecular weight excluding hydrogens is 124 g/mol. The van der Waals surface area contributed by atoms with E-state index in [4.69, 9.17) is 0 Å². The van der Waals surface area contributed by atoms with Gasteiger partial charge in [0.25, 0.3) is 0 Å². The van der Waals surface area contributed by atoms with Crippen LogP contribution in [0.15, 0.2) is 0 Å². The lowest BCUT2D eigenvalue weighted by molar-refractivity contribution is 0.321. The fourth-order valence-corrected chi connectivity index (χ4v) is 0.671. The molecule has 0 bridgehead atoms. The Kier molecular flexibility index (Phi) is 14.7. The summed E-state index contributed by atoms with van der Waals surface area (Å²) in [5, 5.41) is 2.75. The van der Waals surface area contributed by atoms with E-state index >= 15 is 0 Å². The Hall–Kier alpha value is -0.0800. The molecule has 0 aromatic carbocycles. The molecule has 0 fully saturated rings. The summed E-state index contributed by atoms with van der Waals surface area (Å²) in [4.78, 5) is 2.38. The van der Waals surface area contributed by atoms with Crippen LogP contribution in [0.4, 0.5) is 0 Å². The molecule has 0 aliphatic rings. The first kappa shape index (κ1) is 12.6. The highest BCUT2D eigenvalue weighted by Crippen LogP contribution is 1.81. The molecule has 1 N–H and O–H groups in total. The lowest BCUT2D eigenvalue weighted by Gasteiger charge is -2.13. The number of rotatable bonds is 3. The summed E-state index contributed by atoms with van der Waals surface area (Å²) in [7, 11) is 3.75. The van der Waals surface area contributed by atoms with Crippen molar-refractivity contribution in [1.82, 2.24) is 10.2 Å². The average molecular weight is 146 g/mol. The predicted octanol–water partition coefficient (Wildman–Crippen LogP) is 1.18. The molecule has 0 unspecified atom stereocenters. The van der Waals surface area contributed by atoms with Crippen LogP contribution in [0.1, 0.15) is 20.8 Å². The SMILES string of the molecule is CCN(CC)CC.CNC. The van der Waals surface area contributed by atoms with Gasteiger partial charge in [-0.15, -0.1) is 0 Å². The highest BCUT2D eigenvalue weighted by Gasteiger charge is 1.89. The second-order valence-corrected chi connectivity index (χ2v) is 2.12. The lowest BCUT2D eigenvalue weighted by atomic mass is 10.5. The molecule has 2 nitrogen and oxygen atoms in total. The molecule has 0 heterocycles. The third-order valence-electron chi connectivity index (χ3n) is 1.34. The molecule has 0 rings (SSSR count). The first-order chi connectivity index (χ1) is 4.76. The van der Waals surface area contributed by atoms with Crippen molar-refractivity contribution in [3.8, 4) is 0 Å². The van der Waals surface area contributed by atoms with Crippen LogP contribution in [-0.2, 0) is 0 Å². The minimum atomic E-state index is 1.19. The zero-order valence-corrected chi connectivity index (χ0v) is 8.07. The average Bonchev–Trinajstić information content (AvgIpc) is 1.93. The molecule has 0 aromatic heterocycles. The molecular formula is C8H22N2. The largest absolute Gasteiger partial charge is 0.323 e. The van der Waals surface area contributed by atoms with Gasteiger partial charge in [-0.3, -0.25) is 0 Å². The maximum absolute atomic E-state index is 2.75. The molecule has 0 aromatic rings. The van der Waals surface area contributed by atoms with Crippen LogP contribution in [0.5, 0.6) is 0 Å². The van der Waals surface area contributed by atoms with Gasteiger partial charge in [-0.25, -0.2) is 0 Å². The summed E-state index contributed by atoms with van der Waals surface area (Å²) in [6.07, 6.45) is 0. The van der Waals surface area contributed by atoms with Gasteiger partial charge in [-0.2, -0.15) is 0 Å². The van der Waals surface area contributed by atoms with Crippen LogP contribution in [-0.4, -0.2) is 38.6 Å². The monoisotopic (exact) mass is 146 g/mol. The van der Waals surface area contributed by atoms with Crippen molar-refractivity contribution in [2.45, 2.75) is 20.8 Å². The zero-order chi connectivity index (χ0) is 8.41. The van der Waals surface area contributed by atoms with E-state index in [2.05, 4.69) is 31.0 Å². The van der Waals surface area contributed by atoms with Gasteiger partial charge in [-0.1, -0.05) is 20.8 Å². The fourth-order valence-electron chi connectivity index (χ4n) is 0.671. The van der Waals surface area contributed by atoms with E-state index in [1.165, 1.54) is 19.6 Å². The summed E-state index contributed by atoms with van der Waals surface area (Å²) in [5.74, 6) is 0. The molecule has 0 aliphatic heterocycles. The van der Waals surface area contributed by atoms with Crippen molar-refractivity contribution in [3.05, 3.63) is 0 Å². The molecule has 10 heavy (non-hydrogen) atoms. The van der Waals surface area contributed by atoms with Crippen molar-refractivity contribution in [2.75, 3.05) is 33.7 Å². The van der Waals surface area contributed by atoms with Gasteiger partial charge in [0.05, 0.1) is 0 Å². The fraction of sp³-hybridized carbons (Fsp3) is 1.00. The van der Waals surface area contributed by atoms with Gasteiger partial charge in [0.2, 0.25) is 0 Å². The van der Waals surface area contributed by atoms with Gasteiger partial charge in [0.15, 0.2) is 0 Å². The maximum atomic E-state index is 2.75. The van der Waals surface area contributed by atoms with Crippen LogP contribution in [0.3, 0.4) is 0 Å². The van der Waals surface area contributed by atoms with E-state index in [1.807, 2.05) is 14.1 Å². The topological polar surface area (TPSA) is 15.3 Å². The van der Waals surface area contributed by atoms with E-state index in [-0.39, 0.29) is 0 Å². The minimum Gasteiger partial charge on any atom is -0.323 e. The normalized spacial score (nSPS) is 9.00. The molecule has 0 saturated carbocycles. The number of hydrogen-bond acceptors (Lipinski definition) is 2. The molecule has 0 amide bonds. The van der Waals surface area contributed by atoms with E-state index in [1.54, 1.807) is 0 Å². The molecule has 0 aliphatic carbocycles. The van der Waals surface area contributed by atoms with Crippen molar-refractivity contribution in [2.24, 2.45) is 0 Å². The van der Waals surface area contributed by atoms with Crippen molar-refractivity contribution >= 4 is 0 Å². The third kappa shape index (κ3) is 10.8. The number of hydrogen-bond donors (Lipinski definition) is 1. The first-order valence-corrected chi connectivity index (χ1v) is 4.07. The standard InChI is InChI=1S/C6H15N.C2H7N/c1-4-7(5-2)6-3;1-3-2/h4-6H2,1-3H3;3H,1-2H3. The predicted molar refractivity (Wildman–Crippen MR) is 48.4 cm³/mol.